The van der Waals surface area contributed by atoms with Gasteiger partial charge in [0.2, 0.25) is 0 Å². The molecule has 1 aromatic carbocycles. The number of carbonyl (C=O) groups is 1. The first-order valence-electron chi connectivity index (χ1n) is 10.8. The Morgan fingerprint density at radius 3 is 2.84 bits per heavy atom. The molecule has 2 aromatic rings. The van der Waals surface area contributed by atoms with Crippen molar-refractivity contribution in [3.05, 3.63) is 47.3 Å². The van der Waals surface area contributed by atoms with Crippen LogP contribution in [0.25, 0.3) is 0 Å². The molecule has 32 heavy (non-hydrogen) atoms. The average molecular weight is 554 g/mol. The second kappa shape index (κ2) is 12.2. The lowest BCUT2D eigenvalue weighted by atomic mass is 10.1. The number of aliphatic imine (C=N–C) groups is 1. The van der Waals surface area contributed by atoms with Gasteiger partial charge < -0.3 is 20.3 Å². The third-order valence-corrected chi connectivity index (χ3v) is 5.33. The second-order valence-electron chi connectivity index (χ2n) is 8.32. The zero-order valence-corrected chi connectivity index (χ0v) is 21.9. The maximum Gasteiger partial charge on any atom is 0.253 e. The Labute approximate surface area is 207 Å². The average Bonchev–Trinajstić information content (AvgIpc) is 3.39. The zero-order chi connectivity index (χ0) is 22.4. The van der Waals surface area contributed by atoms with Crippen LogP contribution in [0.4, 0.5) is 5.69 Å². The van der Waals surface area contributed by atoms with Gasteiger partial charge in [0.1, 0.15) is 6.10 Å². The highest BCUT2D eigenvalue weighted by atomic mass is 127. The van der Waals surface area contributed by atoms with E-state index in [1.165, 1.54) is 5.56 Å². The summed E-state index contributed by atoms with van der Waals surface area (Å²) in [6.07, 6.45) is 3.45. The van der Waals surface area contributed by atoms with Crippen molar-refractivity contribution in [2.75, 3.05) is 26.0 Å². The van der Waals surface area contributed by atoms with Gasteiger partial charge in [-0.3, -0.25) is 14.5 Å². The number of benzene rings is 1. The molecule has 0 spiro atoms. The van der Waals surface area contributed by atoms with Crippen LogP contribution in [0.3, 0.4) is 0 Å². The fourth-order valence-electron chi connectivity index (χ4n) is 3.83. The van der Waals surface area contributed by atoms with E-state index in [9.17, 15) is 4.79 Å². The normalized spacial score (nSPS) is 16.1. The second-order valence-corrected chi connectivity index (χ2v) is 8.32. The SMILES string of the molecule is CN=C(NCc1cccc(NC(=O)C2CCCO2)c1)N(C)Cc1cn(C)nc1C(C)C.I. The number of rotatable bonds is 7. The van der Waals surface area contributed by atoms with Gasteiger partial charge in [0.05, 0.1) is 5.69 Å². The first kappa shape index (κ1) is 26.1. The quantitative estimate of drug-likeness (QED) is 0.311. The lowest BCUT2D eigenvalue weighted by Gasteiger charge is -2.22. The van der Waals surface area contributed by atoms with Crippen LogP contribution < -0.4 is 10.6 Å². The number of amides is 1. The molecule has 1 saturated heterocycles. The Hall–Kier alpha value is -2.14. The third-order valence-electron chi connectivity index (χ3n) is 5.33. The molecule has 0 radical (unpaired) electrons. The molecule has 1 fully saturated rings. The van der Waals surface area contributed by atoms with Crippen molar-refractivity contribution in [1.82, 2.24) is 20.0 Å². The zero-order valence-electron chi connectivity index (χ0n) is 19.6. The molecule has 1 unspecified atom stereocenters. The molecule has 2 heterocycles. The monoisotopic (exact) mass is 554 g/mol. The van der Waals surface area contributed by atoms with Crippen molar-refractivity contribution in [3.8, 4) is 0 Å². The number of aromatic nitrogens is 2. The molecule has 1 aliphatic heterocycles. The summed E-state index contributed by atoms with van der Waals surface area (Å²) < 4.78 is 7.33. The number of guanidine groups is 1. The van der Waals surface area contributed by atoms with Crippen molar-refractivity contribution in [1.29, 1.82) is 0 Å². The largest absolute Gasteiger partial charge is 0.368 e. The van der Waals surface area contributed by atoms with Crippen LogP contribution in [-0.4, -0.2) is 53.4 Å². The molecule has 0 aliphatic carbocycles. The molecule has 2 N–H and O–H groups in total. The fraction of sp³-hybridized carbons (Fsp3) is 0.522. The van der Waals surface area contributed by atoms with Gasteiger partial charge in [-0.2, -0.15) is 5.10 Å². The van der Waals surface area contributed by atoms with E-state index in [0.717, 1.165) is 42.3 Å². The first-order chi connectivity index (χ1) is 14.9. The number of carbonyl (C=O) groups excluding carboxylic acids is 1. The van der Waals surface area contributed by atoms with E-state index in [1.54, 1.807) is 7.05 Å². The predicted molar refractivity (Wildman–Crippen MR) is 138 cm³/mol. The Morgan fingerprint density at radius 1 is 1.41 bits per heavy atom. The summed E-state index contributed by atoms with van der Waals surface area (Å²) in [6, 6.07) is 7.84. The molecule has 1 atom stereocenters. The summed E-state index contributed by atoms with van der Waals surface area (Å²) in [6.45, 7) is 6.29. The van der Waals surface area contributed by atoms with E-state index in [1.807, 2.05) is 43.0 Å². The number of aryl methyl sites for hydroxylation is 1. The Balaban J connectivity index is 0.00000363. The number of hydrogen-bond acceptors (Lipinski definition) is 4. The Morgan fingerprint density at radius 2 is 2.19 bits per heavy atom. The Bertz CT molecular complexity index is 921. The Kier molecular flexibility index (Phi) is 9.95. The van der Waals surface area contributed by atoms with Gasteiger partial charge in [-0.05, 0) is 36.5 Å². The molecule has 1 aromatic heterocycles. The van der Waals surface area contributed by atoms with Crippen molar-refractivity contribution < 1.29 is 9.53 Å². The minimum Gasteiger partial charge on any atom is -0.368 e. The molecule has 1 amide bonds. The maximum atomic E-state index is 12.3. The fourth-order valence-corrected chi connectivity index (χ4v) is 3.83. The van der Waals surface area contributed by atoms with E-state index < -0.39 is 0 Å². The molecular formula is C23H35IN6O2. The van der Waals surface area contributed by atoms with Gasteiger partial charge >= 0.3 is 0 Å². The van der Waals surface area contributed by atoms with Gasteiger partial charge in [-0.1, -0.05) is 26.0 Å². The number of nitrogens with zero attached hydrogens (tertiary/aromatic N) is 4. The van der Waals surface area contributed by atoms with Crippen molar-refractivity contribution >= 4 is 41.5 Å². The van der Waals surface area contributed by atoms with Crippen LogP contribution in [0.15, 0.2) is 35.5 Å². The van der Waals surface area contributed by atoms with Crippen LogP contribution in [0.1, 0.15) is 49.4 Å². The summed E-state index contributed by atoms with van der Waals surface area (Å²) in [5.74, 6) is 1.09. The maximum absolute atomic E-state index is 12.3. The minimum absolute atomic E-state index is 0. The van der Waals surface area contributed by atoms with Crippen molar-refractivity contribution in [3.63, 3.8) is 0 Å². The van der Waals surface area contributed by atoms with Gasteiger partial charge in [-0.25, -0.2) is 0 Å². The summed E-state index contributed by atoms with van der Waals surface area (Å²) in [5.41, 5.74) is 4.14. The van der Waals surface area contributed by atoms with Gasteiger partial charge in [-0.15, -0.1) is 24.0 Å². The van der Waals surface area contributed by atoms with Crippen molar-refractivity contribution in [2.24, 2.45) is 12.0 Å². The summed E-state index contributed by atoms with van der Waals surface area (Å²) in [4.78, 5) is 18.8. The van der Waals surface area contributed by atoms with E-state index in [2.05, 4.69) is 45.7 Å². The summed E-state index contributed by atoms with van der Waals surface area (Å²) >= 11 is 0. The lowest BCUT2D eigenvalue weighted by molar-refractivity contribution is -0.124. The molecule has 0 bridgehead atoms. The van der Waals surface area contributed by atoms with Crippen LogP contribution in [-0.2, 0) is 29.7 Å². The predicted octanol–water partition coefficient (Wildman–Crippen LogP) is 3.49. The lowest BCUT2D eigenvalue weighted by Crippen LogP contribution is -2.38. The summed E-state index contributed by atoms with van der Waals surface area (Å²) in [7, 11) is 5.75. The molecule has 1 aliphatic rings. The van der Waals surface area contributed by atoms with E-state index in [4.69, 9.17) is 4.74 Å². The van der Waals surface area contributed by atoms with Crippen LogP contribution >= 0.6 is 24.0 Å². The molecule has 8 nitrogen and oxygen atoms in total. The number of ether oxygens (including phenoxy) is 1. The smallest absolute Gasteiger partial charge is 0.253 e. The summed E-state index contributed by atoms with van der Waals surface area (Å²) in [5, 5.41) is 11.0. The highest BCUT2D eigenvalue weighted by Gasteiger charge is 2.23. The molecular weight excluding hydrogens is 519 g/mol. The van der Waals surface area contributed by atoms with Gasteiger partial charge in [0.25, 0.3) is 5.91 Å². The highest BCUT2D eigenvalue weighted by Crippen LogP contribution is 2.19. The number of hydrogen-bond donors (Lipinski definition) is 2. The number of anilines is 1. The van der Waals surface area contributed by atoms with E-state index >= 15 is 0 Å². The van der Waals surface area contributed by atoms with Crippen LogP contribution in [0.5, 0.6) is 0 Å². The standard InChI is InChI=1S/C23H34N6O2.HI/c1-16(2)21-18(15-29(5)27-21)14-28(4)23(24-3)25-13-17-8-6-9-19(12-17)26-22(30)20-10-7-11-31-20;/h6,8-9,12,15-16,20H,7,10-11,13-14H2,1-5H3,(H,24,25)(H,26,30);1H. The van der Waals surface area contributed by atoms with E-state index in [-0.39, 0.29) is 36.0 Å². The van der Waals surface area contributed by atoms with E-state index in [0.29, 0.717) is 19.1 Å². The minimum atomic E-state index is -0.336. The van der Waals surface area contributed by atoms with Gasteiger partial charge in [0.15, 0.2) is 5.96 Å². The third kappa shape index (κ3) is 6.93. The molecule has 0 saturated carbocycles. The van der Waals surface area contributed by atoms with Crippen LogP contribution in [0.2, 0.25) is 0 Å². The van der Waals surface area contributed by atoms with Crippen molar-refractivity contribution in [2.45, 2.75) is 51.8 Å². The molecule has 9 heteroatoms. The van der Waals surface area contributed by atoms with Crippen LogP contribution in [0, 0.1) is 0 Å². The van der Waals surface area contributed by atoms with Gasteiger partial charge in [0, 0.05) is 58.3 Å². The number of nitrogens with one attached hydrogen (secondary N) is 2. The molecule has 3 rings (SSSR count). The topological polar surface area (TPSA) is 83.8 Å². The molecule has 176 valence electrons. The first-order valence-corrected chi connectivity index (χ1v) is 10.8. The highest BCUT2D eigenvalue weighted by molar-refractivity contribution is 14.0. The number of halogens is 1.